The Kier molecular flexibility index (Phi) is 34.4. The van der Waals surface area contributed by atoms with Gasteiger partial charge < -0.3 is 34.5 Å². The van der Waals surface area contributed by atoms with E-state index in [1.807, 2.05) is 0 Å². The van der Waals surface area contributed by atoms with Crippen LogP contribution in [0.1, 0.15) is 70.9 Å². The van der Waals surface area contributed by atoms with E-state index in [-0.39, 0.29) is 90.2 Å². The number of hydrogen-bond donors (Lipinski definition) is 1. The Bertz CT molecular complexity index is 1290. The number of carbonyl (C=O) groups is 2. The van der Waals surface area contributed by atoms with Crippen molar-refractivity contribution in [2.24, 2.45) is 0 Å². The van der Waals surface area contributed by atoms with Gasteiger partial charge in [-0.3, -0.25) is 4.79 Å². The molecule has 0 fully saturated rings. The Labute approximate surface area is 294 Å². The summed E-state index contributed by atoms with van der Waals surface area (Å²) in [5.41, 5.74) is 0. The van der Waals surface area contributed by atoms with Crippen LogP contribution in [0.4, 0.5) is 0 Å². The monoisotopic (exact) mass is 595 g/mol. The van der Waals surface area contributed by atoms with Crippen LogP contribution in [0.5, 0.6) is 0 Å². The van der Waals surface area contributed by atoms with Crippen LogP contribution in [-0.4, -0.2) is 31.3 Å². The molecule has 9 nitrogen and oxygen atoms in total. The molecule has 12 heteroatoms. The molecular formula is C27H52NNa2O8P. The molecule has 0 spiro atoms. The number of phosphoric acid groups is 1. The average molecular weight is 596 g/mol. The molecule has 0 aromatic carbocycles. The molecule has 0 aromatic heterocycles. The molecule has 0 unspecified atom stereocenters. The third kappa shape index (κ3) is 33.9. The van der Waals surface area contributed by atoms with Crippen molar-refractivity contribution in [2.45, 2.75) is 58.5 Å². The first-order chi connectivity index (χ1) is 17.3. The summed E-state index contributed by atoms with van der Waals surface area (Å²) < 4.78 is 24.7. The maximum absolute atomic E-state index is 11.9. The van der Waals surface area contributed by atoms with E-state index in [1.54, 1.807) is 6.92 Å². The van der Waals surface area contributed by atoms with Gasteiger partial charge in [0.2, 0.25) is 0 Å². The third-order valence-corrected chi connectivity index (χ3v) is 4.04. The van der Waals surface area contributed by atoms with Gasteiger partial charge in [0.25, 0.3) is 0 Å². The summed E-state index contributed by atoms with van der Waals surface area (Å²) >= 11 is 0. The van der Waals surface area contributed by atoms with Gasteiger partial charge in [-0.05, 0) is 84.4 Å². The van der Waals surface area contributed by atoms with Gasteiger partial charge in [0.05, 0.1) is 14.4 Å². The second-order valence-corrected chi connectivity index (χ2v) is 7.65. The van der Waals surface area contributed by atoms with Gasteiger partial charge >= 0.3 is 71.1 Å². The van der Waals surface area contributed by atoms with Gasteiger partial charge in [-0.15, -0.1) is 0 Å². The number of rotatable bonds is 12. The molecule has 0 radical (unpaired) electrons. The van der Waals surface area contributed by atoms with Gasteiger partial charge in [0.1, 0.15) is 6.61 Å². The summed E-state index contributed by atoms with van der Waals surface area (Å²) in [5.74, 6) is 31.8. The standard InChI is InChI=1S/C27H25O8P.H3N.2Na.13H2/c1-3-5-7-9-10-11-12-13-14-15-16-18-19-21-26(28)33-23-25(24-34-36(30,31)32)35-27(29)22-20-17-8-6-4-2;;;;;;;;;;;;;;;;/h25H,4,6,8,17,20,22-24H2,1-2H3,(H2,30,31,32);1H3;;;13*1H/q;;2*+1;;;;;;;;;;;;;/p-2/t25-;;;;;;;;;;;;;;;;/m1................/s1. The summed E-state index contributed by atoms with van der Waals surface area (Å²) in [6.07, 6.45) is 3.30. The van der Waals surface area contributed by atoms with Crippen LogP contribution < -0.4 is 75.1 Å². The summed E-state index contributed by atoms with van der Waals surface area (Å²) in [6, 6.07) is 0. The number of carbonyl (C=O) groups excluding carboxylic acids is 2. The fourth-order valence-corrected chi connectivity index (χ4v) is 2.42. The SMILES string of the molecule is CC#CC#CC#CC#CC#CC#CC#CC(=O)OC[C@H](COP(=O)([O-])[O-])OC(=O)CCCCCCC.N.[HH].[HH].[HH].[HH].[HH].[HH].[HH].[HH].[HH].[HH].[HH].[HH].[HH].[Na+].[Na+]. The van der Waals surface area contributed by atoms with Crippen LogP contribution in [0.25, 0.3) is 0 Å². The number of phosphoric ester groups is 1. The van der Waals surface area contributed by atoms with Gasteiger partial charge in [-0.25, -0.2) is 4.79 Å². The van der Waals surface area contributed by atoms with Crippen molar-refractivity contribution in [3.8, 4) is 82.9 Å². The van der Waals surface area contributed by atoms with E-state index in [4.69, 9.17) is 9.47 Å². The van der Waals surface area contributed by atoms with E-state index < -0.39 is 39.1 Å². The van der Waals surface area contributed by atoms with E-state index >= 15 is 0 Å². The smallest absolute Gasteiger partial charge is 0.790 e. The Balaban J connectivity index is -0.0000000510. The second-order valence-electron chi connectivity index (χ2n) is 6.49. The summed E-state index contributed by atoms with van der Waals surface area (Å²) in [4.78, 5) is 45.0. The van der Waals surface area contributed by atoms with Crippen LogP contribution in [-0.2, 0) is 28.2 Å². The Hall–Kier alpha value is -2.07. The molecule has 0 aliphatic rings. The predicted molar refractivity (Wildman–Crippen MR) is 160 cm³/mol. The van der Waals surface area contributed by atoms with Gasteiger partial charge in [0.15, 0.2) is 6.10 Å². The quantitative estimate of drug-likeness (QED) is 0.0676. The maximum atomic E-state index is 11.9. The zero-order valence-corrected chi connectivity index (χ0v) is 27.5. The minimum Gasteiger partial charge on any atom is -0.790 e. The number of unbranched alkanes of at least 4 members (excludes halogenated alkanes) is 4. The molecule has 0 saturated heterocycles. The van der Waals surface area contributed by atoms with Crippen molar-refractivity contribution < 1.29 is 116 Å². The maximum Gasteiger partial charge on any atom is 1.00 e. The molecule has 0 aliphatic heterocycles. The van der Waals surface area contributed by atoms with E-state index in [1.165, 1.54) is 0 Å². The predicted octanol–water partition coefficient (Wildman–Crippen LogP) is -1.94. The normalized spacial score (nSPS) is 8.62. The molecular weight excluding hydrogens is 543 g/mol. The molecule has 0 aliphatic carbocycles. The molecule has 0 amide bonds. The van der Waals surface area contributed by atoms with Gasteiger partial charge in [0, 0.05) is 30.9 Å². The van der Waals surface area contributed by atoms with Crippen molar-refractivity contribution >= 4 is 19.8 Å². The molecule has 0 aromatic rings. The number of esters is 2. The molecule has 220 valence electrons. The minimum atomic E-state index is -5.31. The van der Waals surface area contributed by atoms with Crippen molar-refractivity contribution in [1.29, 1.82) is 0 Å². The molecule has 39 heavy (non-hydrogen) atoms. The molecule has 0 heterocycles. The van der Waals surface area contributed by atoms with Crippen molar-refractivity contribution in [1.82, 2.24) is 6.15 Å². The first-order valence-electron chi connectivity index (χ1n) is 10.7. The summed E-state index contributed by atoms with van der Waals surface area (Å²) in [5, 5.41) is 0. The molecule has 0 bridgehead atoms. The number of hydrogen-bond acceptors (Lipinski definition) is 9. The van der Waals surface area contributed by atoms with Crippen LogP contribution in [0.15, 0.2) is 0 Å². The Morgan fingerprint density at radius 1 is 0.795 bits per heavy atom. The van der Waals surface area contributed by atoms with Crippen LogP contribution in [0.3, 0.4) is 0 Å². The summed E-state index contributed by atoms with van der Waals surface area (Å²) in [6.45, 7) is 2.37. The van der Waals surface area contributed by atoms with E-state index in [0.29, 0.717) is 6.42 Å². The van der Waals surface area contributed by atoms with Crippen molar-refractivity contribution in [3.63, 3.8) is 0 Å². The fraction of sp³-hybridized carbons (Fsp3) is 0.407. The van der Waals surface area contributed by atoms with Crippen LogP contribution in [0, 0.1) is 82.9 Å². The van der Waals surface area contributed by atoms with E-state index in [9.17, 15) is 23.9 Å². The van der Waals surface area contributed by atoms with E-state index in [2.05, 4.69) is 94.3 Å². The molecule has 0 saturated carbocycles. The van der Waals surface area contributed by atoms with Gasteiger partial charge in [-0.1, -0.05) is 38.5 Å². The average Bonchev–Trinajstić information content (AvgIpc) is 2.83. The van der Waals surface area contributed by atoms with Crippen LogP contribution in [0.2, 0.25) is 0 Å². The first kappa shape index (κ1) is 44.0. The molecule has 1 atom stereocenters. The summed E-state index contributed by atoms with van der Waals surface area (Å²) in [7, 11) is -5.31. The second kappa shape index (κ2) is 30.5. The zero-order valence-electron chi connectivity index (χ0n) is 22.7. The largest absolute Gasteiger partial charge is 1.00 e. The first-order valence-corrected chi connectivity index (χ1v) is 12.2. The van der Waals surface area contributed by atoms with Crippen molar-refractivity contribution in [3.05, 3.63) is 0 Å². The Morgan fingerprint density at radius 3 is 1.77 bits per heavy atom. The van der Waals surface area contributed by atoms with Crippen LogP contribution >= 0.6 is 7.82 Å². The van der Waals surface area contributed by atoms with Gasteiger partial charge in [-0.2, -0.15) is 0 Å². The number of ether oxygens (including phenoxy) is 2. The van der Waals surface area contributed by atoms with E-state index in [0.717, 1.165) is 25.7 Å². The minimum absolute atomic E-state index is 0. The Morgan fingerprint density at radius 2 is 1.28 bits per heavy atom. The third-order valence-electron chi connectivity index (χ3n) is 3.58. The fourth-order valence-electron chi connectivity index (χ4n) is 2.07. The molecule has 0 rings (SSSR count). The molecule has 3 N–H and O–H groups in total. The topological polar surface area (TPSA) is 160 Å². The zero-order chi connectivity index (χ0) is 26.9. The van der Waals surface area contributed by atoms with Crippen molar-refractivity contribution in [2.75, 3.05) is 13.2 Å².